The van der Waals surface area contributed by atoms with E-state index in [2.05, 4.69) is 5.32 Å². The molecule has 0 radical (unpaired) electrons. The second kappa shape index (κ2) is 5.14. The number of sulfone groups is 1. The van der Waals surface area contributed by atoms with Gasteiger partial charge in [0.25, 0.3) is 10.0 Å². The minimum Gasteiger partial charge on any atom is -0.431 e. The van der Waals surface area contributed by atoms with E-state index in [-0.39, 0.29) is 22.8 Å². The highest BCUT2D eigenvalue weighted by molar-refractivity contribution is 7.91. The average molecular weight is 322 g/mol. The predicted octanol–water partition coefficient (Wildman–Crippen LogP) is 0.391. The van der Waals surface area contributed by atoms with E-state index < -0.39 is 25.0 Å². The summed E-state index contributed by atoms with van der Waals surface area (Å²) >= 11 is 0. The van der Waals surface area contributed by atoms with Gasteiger partial charge in [-0.3, -0.25) is 0 Å². The molecule has 0 aromatic carbocycles. The monoisotopic (exact) mass is 322 g/mol. The summed E-state index contributed by atoms with van der Waals surface area (Å²) < 4.78 is 52.2. The quantitative estimate of drug-likeness (QED) is 0.831. The zero-order valence-electron chi connectivity index (χ0n) is 11.3. The van der Waals surface area contributed by atoms with Crippen molar-refractivity contribution < 1.29 is 21.3 Å². The first kappa shape index (κ1) is 15.5. The maximum absolute atomic E-state index is 12.2. The van der Waals surface area contributed by atoms with Crippen LogP contribution < -0.4 is 10.5 Å². The number of sulfonamides is 1. The first-order chi connectivity index (χ1) is 9.15. The second-order valence-corrected chi connectivity index (χ2v) is 8.51. The van der Waals surface area contributed by atoms with Crippen molar-refractivity contribution in [1.82, 2.24) is 5.32 Å². The first-order valence-corrected chi connectivity index (χ1v) is 9.47. The van der Waals surface area contributed by atoms with Crippen molar-refractivity contribution in [3.8, 4) is 0 Å². The minimum absolute atomic E-state index is 0.0513. The van der Waals surface area contributed by atoms with Crippen molar-refractivity contribution in [1.29, 1.82) is 0 Å². The third kappa shape index (κ3) is 2.90. The molecule has 2 heterocycles. The van der Waals surface area contributed by atoms with Crippen LogP contribution in [0, 0.1) is 5.92 Å². The topological polar surface area (TPSA) is 119 Å². The number of fused-ring (bicyclic) bond motifs is 1. The van der Waals surface area contributed by atoms with Gasteiger partial charge in [0, 0.05) is 17.7 Å². The van der Waals surface area contributed by atoms with Crippen LogP contribution in [-0.2, 0) is 19.9 Å². The van der Waals surface area contributed by atoms with Gasteiger partial charge in [-0.1, -0.05) is 13.8 Å². The number of furan rings is 1. The van der Waals surface area contributed by atoms with E-state index in [0.717, 1.165) is 0 Å². The molecule has 0 saturated heterocycles. The SMILES string of the molecule is CCNC1CC(C)CS(=O)(=O)c2oc(S(N)(=O)=O)cc21. The van der Waals surface area contributed by atoms with Gasteiger partial charge in [-0.2, -0.15) is 0 Å². The van der Waals surface area contributed by atoms with E-state index in [9.17, 15) is 16.8 Å². The predicted molar refractivity (Wildman–Crippen MR) is 72.3 cm³/mol. The molecule has 9 heteroatoms. The summed E-state index contributed by atoms with van der Waals surface area (Å²) in [6.45, 7) is 4.37. The fourth-order valence-corrected chi connectivity index (χ4v) is 4.84. The summed E-state index contributed by atoms with van der Waals surface area (Å²) in [7, 11) is -7.71. The summed E-state index contributed by atoms with van der Waals surface area (Å²) in [6.07, 6.45) is 0.587. The smallest absolute Gasteiger partial charge is 0.271 e. The Labute approximate surface area is 118 Å². The van der Waals surface area contributed by atoms with Crippen LogP contribution in [0.1, 0.15) is 31.9 Å². The lowest BCUT2D eigenvalue weighted by atomic mass is 9.99. The first-order valence-electron chi connectivity index (χ1n) is 6.27. The fourth-order valence-electron chi connectivity index (χ4n) is 2.48. The van der Waals surface area contributed by atoms with Gasteiger partial charge in [-0.05, 0) is 18.9 Å². The molecule has 0 bridgehead atoms. The average Bonchev–Trinajstić information content (AvgIpc) is 2.69. The molecule has 0 spiro atoms. The molecule has 7 nitrogen and oxygen atoms in total. The highest BCUT2D eigenvalue weighted by Crippen LogP contribution is 2.36. The van der Waals surface area contributed by atoms with Gasteiger partial charge >= 0.3 is 0 Å². The molecule has 2 rings (SSSR count). The molecule has 0 aliphatic carbocycles. The molecule has 1 aromatic heterocycles. The molecule has 2 atom stereocenters. The zero-order chi connectivity index (χ0) is 15.1. The van der Waals surface area contributed by atoms with Gasteiger partial charge < -0.3 is 9.73 Å². The van der Waals surface area contributed by atoms with Crippen LogP contribution in [0.2, 0.25) is 0 Å². The molecule has 20 heavy (non-hydrogen) atoms. The van der Waals surface area contributed by atoms with Gasteiger partial charge in [0.15, 0.2) is 0 Å². The van der Waals surface area contributed by atoms with E-state index in [0.29, 0.717) is 18.5 Å². The Balaban J connectivity index is 2.64. The Kier molecular flexibility index (Phi) is 3.98. The summed E-state index contributed by atoms with van der Waals surface area (Å²) in [4.78, 5) is 0. The van der Waals surface area contributed by atoms with Gasteiger partial charge in [0.05, 0.1) is 5.75 Å². The van der Waals surface area contributed by atoms with Crippen molar-refractivity contribution in [3.63, 3.8) is 0 Å². The molecule has 2 unspecified atom stereocenters. The molecule has 0 saturated carbocycles. The lowest BCUT2D eigenvalue weighted by Crippen LogP contribution is -2.22. The number of primary sulfonamides is 1. The zero-order valence-corrected chi connectivity index (χ0v) is 12.9. The number of nitrogens with two attached hydrogens (primary N) is 1. The van der Waals surface area contributed by atoms with E-state index in [1.165, 1.54) is 6.07 Å². The van der Waals surface area contributed by atoms with Crippen LogP contribution in [0.25, 0.3) is 0 Å². The summed E-state index contributed by atoms with van der Waals surface area (Å²) in [5.41, 5.74) is 0.347. The van der Waals surface area contributed by atoms with Gasteiger partial charge in [0.1, 0.15) is 0 Å². The van der Waals surface area contributed by atoms with Crippen molar-refractivity contribution in [2.45, 2.75) is 36.5 Å². The van der Waals surface area contributed by atoms with Crippen molar-refractivity contribution in [2.24, 2.45) is 11.1 Å². The van der Waals surface area contributed by atoms with E-state index in [4.69, 9.17) is 9.56 Å². The highest BCUT2D eigenvalue weighted by Gasteiger charge is 2.36. The van der Waals surface area contributed by atoms with Crippen LogP contribution in [0.5, 0.6) is 0 Å². The normalized spacial score (nSPS) is 25.9. The van der Waals surface area contributed by atoms with Gasteiger partial charge in [-0.25, -0.2) is 22.0 Å². The minimum atomic E-state index is -4.07. The van der Waals surface area contributed by atoms with E-state index >= 15 is 0 Å². The largest absolute Gasteiger partial charge is 0.431 e. The Bertz CT molecular complexity index is 705. The summed E-state index contributed by atoms with van der Waals surface area (Å²) in [5, 5.41) is 7.37. The van der Waals surface area contributed by atoms with Crippen LogP contribution >= 0.6 is 0 Å². The third-order valence-corrected chi connectivity index (χ3v) is 5.89. The van der Waals surface area contributed by atoms with E-state index in [1.54, 1.807) is 0 Å². The van der Waals surface area contributed by atoms with Crippen molar-refractivity contribution in [2.75, 3.05) is 12.3 Å². The maximum atomic E-state index is 12.2. The highest BCUT2D eigenvalue weighted by atomic mass is 32.2. The fraction of sp³-hybridized carbons (Fsp3) is 0.636. The third-order valence-electron chi connectivity index (χ3n) is 3.23. The summed E-state index contributed by atoms with van der Waals surface area (Å²) in [5.74, 6) is -0.121. The van der Waals surface area contributed by atoms with Crippen LogP contribution in [0.15, 0.2) is 20.7 Å². The Morgan fingerprint density at radius 3 is 2.70 bits per heavy atom. The van der Waals surface area contributed by atoms with Crippen LogP contribution in [-0.4, -0.2) is 29.1 Å². The second-order valence-electron chi connectivity index (χ2n) is 5.09. The van der Waals surface area contributed by atoms with Crippen molar-refractivity contribution in [3.05, 3.63) is 11.6 Å². The Morgan fingerprint density at radius 2 is 2.15 bits per heavy atom. The number of hydrogen-bond acceptors (Lipinski definition) is 6. The van der Waals surface area contributed by atoms with Crippen molar-refractivity contribution >= 4 is 19.9 Å². The molecule has 1 aromatic rings. The molecule has 1 aliphatic heterocycles. The lowest BCUT2D eigenvalue weighted by Gasteiger charge is -2.17. The summed E-state index contributed by atoms with van der Waals surface area (Å²) in [6, 6.07) is 0.953. The molecular formula is C11H18N2O5S2. The Morgan fingerprint density at radius 1 is 1.50 bits per heavy atom. The standard InChI is InChI=1S/C11H18N2O5S2/c1-3-13-9-4-7(2)6-19(14,15)11-8(9)5-10(18-11)20(12,16)17/h5,7,9,13H,3-4,6H2,1-2H3,(H2,12,16,17). The Hall–Kier alpha value is -0.900. The molecule has 0 fully saturated rings. The molecule has 3 N–H and O–H groups in total. The number of hydrogen-bond donors (Lipinski definition) is 2. The number of rotatable bonds is 3. The van der Waals surface area contributed by atoms with Gasteiger partial charge in [0.2, 0.25) is 20.0 Å². The van der Waals surface area contributed by atoms with Gasteiger partial charge in [-0.15, -0.1) is 0 Å². The van der Waals surface area contributed by atoms with Crippen LogP contribution in [0.3, 0.4) is 0 Å². The molecule has 0 amide bonds. The molecule has 1 aliphatic rings. The number of nitrogens with one attached hydrogen (secondary N) is 1. The lowest BCUT2D eigenvalue weighted by molar-refractivity contribution is 0.363. The van der Waals surface area contributed by atoms with Crippen LogP contribution in [0.4, 0.5) is 0 Å². The van der Waals surface area contributed by atoms with E-state index in [1.807, 2.05) is 13.8 Å². The maximum Gasteiger partial charge on any atom is 0.271 e. The molecule has 114 valence electrons. The molecular weight excluding hydrogens is 304 g/mol.